The standard InChI is InChI=1S/C21H25N3O4S/c1-2-24(29(27,28)19-11-8-15-4-3-5-17(15)14-19)13-12-20(25)23-18-9-6-16(7-10-18)21(22)26/h6-11,14H,2-5,12-13H2,1H3,(H2,22,26)(H,23,25). The first-order chi connectivity index (χ1) is 13.8. The van der Waals surface area contributed by atoms with Crippen molar-refractivity contribution in [3.63, 3.8) is 0 Å². The van der Waals surface area contributed by atoms with Crippen molar-refractivity contribution in [2.45, 2.75) is 37.5 Å². The van der Waals surface area contributed by atoms with Crippen LogP contribution in [0.15, 0.2) is 47.4 Å². The Morgan fingerprint density at radius 2 is 1.76 bits per heavy atom. The number of hydrogen-bond acceptors (Lipinski definition) is 4. The number of primary amides is 1. The Bertz CT molecular complexity index is 1020. The molecule has 0 aromatic heterocycles. The van der Waals surface area contributed by atoms with Crippen LogP contribution in [0.4, 0.5) is 5.69 Å². The lowest BCUT2D eigenvalue weighted by atomic mass is 10.1. The highest BCUT2D eigenvalue weighted by molar-refractivity contribution is 7.89. The van der Waals surface area contributed by atoms with Crippen LogP contribution >= 0.6 is 0 Å². The number of carbonyl (C=O) groups is 2. The van der Waals surface area contributed by atoms with Crippen molar-refractivity contribution in [1.82, 2.24) is 4.31 Å². The maximum absolute atomic E-state index is 13.0. The Morgan fingerprint density at radius 3 is 2.41 bits per heavy atom. The first kappa shape index (κ1) is 21.0. The van der Waals surface area contributed by atoms with Crippen LogP contribution in [0.1, 0.15) is 41.3 Å². The Morgan fingerprint density at radius 1 is 1.07 bits per heavy atom. The van der Waals surface area contributed by atoms with E-state index in [2.05, 4.69) is 5.32 Å². The number of anilines is 1. The minimum atomic E-state index is -3.65. The van der Waals surface area contributed by atoms with E-state index < -0.39 is 15.9 Å². The minimum absolute atomic E-state index is 0.0234. The smallest absolute Gasteiger partial charge is 0.248 e. The van der Waals surface area contributed by atoms with E-state index >= 15 is 0 Å². The third-order valence-electron chi connectivity index (χ3n) is 5.10. The lowest BCUT2D eigenvalue weighted by molar-refractivity contribution is -0.116. The molecule has 0 radical (unpaired) electrons. The summed E-state index contributed by atoms with van der Waals surface area (Å²) in [6.45, 7) is 2.12. The maximum atomic E-state index is 13.0. The van der Waals surface area contributed by atoms with Gasteiger partial charge < -0.3 is 11.1 Å². The molecule has 0 atom stereocenters. The largest absolute Gasteiger partial charge is 0.366 e. The van der Waals surface area contributed by atoms with Gasteiger partial charge in [-0.25, -0.2) is 8.42 Å². The second-order valence-electron chi connectivity index (χ2n) is 7.02. The Labute approximate surface area is 171 Å². The van der Waals surface area contributed by atoms with Gasteiger partial charge in [0, 0.05) is 30.8 Å². The van der Waals surface area contributed by atoms with E-state index in [4.69, 9.17) is 5.73 Å². The molecule has 0 unspecified atom stereocenters. The molecule has 0 fully saturated rings. The molecule has 3 N–H and O–H groups in total. The molecule has 1 aliphatic carbocycles. The molecule has 2 aromatic rings. The van der Waals surface area contributed by atoms with Crippen molar-refractivity contribution in [2.24, 2.45) is 5.73 Å². The van der Waals surface area contributed by atoms with Gasteiger partial charge in [-0.2, -0.15) is 4.31 Å². The summed E-state index contributed by atoms with van der Waals surface area (Å²) in [5.41, 5.74) is 8.37. The van der Waals surface area contributed by atoms with E-state index in [1.807, 2.05) is 6.07 Å². The fraction of sp³-hybridized carbons (Fsp3) is 0.333. The molecule has 29 heavy (non-hydrogen) atoms. The van der Waals surface area contributed by atoms with Gasteiger partial charge in [0.25, 0.3) is 0 Å². The van der Waals surface area contributed by atoms with Gasteiger partial charge in [0.2, 0.25) is 21.8 Å². The van der Waals surface area contributed by atoms with Crippen LogP contribution < -0.4 is 11.1 Å². The predicted octanol–water partition coefficient (Wildman–Crippen LogP) is 2.31. The van der Waals surface area contributed by atoms with E-state index in [0.717, 1.165) is 24.8 Å². The Kier molecular flexibility index (Phi) is 6.34. The topological polar surface area (TPSA) is 110 Å². The molecule has 2 aromatic carbocycles. The molecule has 0 aliphatic heterocycles. The third kappa shape index (κ3) is 4.83. The zero-order chi connectivity index (χ0) is 21.0. The molecule has 2 amide bonds. The number of aryl methyl sites for hydroxylation is 2. The number of nitrogens with two attached hydrogens (primary N) is 1. The van der Waals surface area contributed by atoms with Crippen molar-refractivity contribution in [1.29, 1.82) is 0 Å². The fourth-order valence-corrected chi connectivity index (χ4v) is 4.97. The van der Waals surface area contributed by atoms with Crippen molar-refractivity contribution >= 4 is 27.5 Å². The molecule has 8 heteroatoms. The van der Waals surface area contributed by atoms with Crippen LogP contribution in [-0.4, -0.2) is 37.6 Å². The molecule has 0 bridgehead atoms. The SMILES string of the molecule is CCN(CCC(=O)Nc1ccc(C(N)=O)cc1)S(=O)(=O)c1ccc2c(c1)CCC2. The number of sulfonamides is 1. The Hall–Kier alpha value is -2.71. The summed E-state index contributed by atoms with van der Waals surface area (Å²) < 4.78 is 27.3. The van der Waals surface area contributed by atoms with E-state index in [1.165, 1.54) is 22.0 Å². The van der Waals surface area contributed by atoms with E-state index in [-0.39, 0.29) is 30.3 Å². The van der Waals surface area contributed by atoms with Crippen LogP contribution in [0.3, 0.4) is 0 Å². The number of nitrogens with one attached hydrogen (secondary N) is 1. The predicted molar refractivity (Wildman–Crippen MR) is 111 cm³/mol. The van der Waals surface area contributed by atoms with Crippen LogP contribution in [0.2, 0.25) is 0 Å². The van der Waals surface area contributed by atoms with Crippen molar-refractivity contribution < 1.29 is 18.0 Å². The number of fused-ring (bicyclic) bond motifs is 1. The van der Waals surface area contributed by atoms with Gasteiger partial charge in [-0.05, 0) is 66.8 Å². The number of carbonyl (C=O) groups excluding carboxylic acids is 2. The number of amides is 2. The molecule has 0 saturated carbocycles. The molecule has 7 nitrogen and oxygen atoms in total. The van der Waals surface area contributed by atoms with Crippen molar-refractivity contribution in [3.8, 4) is 0 Å². The van der Waals surface area contributed by atoms with Gasteiger partial charge in [-0.15, -0.1) is 0 Å². The third-order valence-corrected chi connectivity index (χ3v) is 7.07. The van der Waals surface area contributed by atoms with Crippen molar-refractivity contribution in [3.05, 3.63) is 59.2 Å². The minimum Gasteiger partial charge on any atom is -0.366 e. The van der Waals surface area contributed by atoms with Gasteiger partial charge in [-0.3, -0.25) is 9.59 Å². The highest BCUT2D eigenvalue weighted by atomic mass is 32.2. The monoisotopic (exact) mass is 415 g/mol. The first-order valence-corrected chi connectivity index (χ1v) is 11.1. The lowest BCUT2D eigenvalue weighted by Gasteiger charge is -2.21. The summed E-state index contributed by atoms with van der Waals surface area (Å²) in [7, 11) is -3.65. The number of hydrogen-bond donors (Lipinski definition) is 2. The zero-order valence-electron chi connectivity index (χ0n) is 16.3. The van der Waals surface area contributed by atoms with Crippen LogP contribution in [0.25, 0.3) is 0 Å². The number of rotatable bonds is 8. The molecule has 1 aliphatic rings. The first-order valence-electron chi connectivity index (χ1n) is 9.63. The van der Waals surface area contributed by atoms with Gasteiger partial charge >= 0.3 is 0 Å². The van der Waals surface area contributed by atoms with Crippen molar-refractivity contribution in [2.75, 3.05) is 18.4 Å². The molecule has 154 valence electrons. The van der Waals surface area contributed by atoms with Crippen LogP contribution in [0.5, 0.6) is 0 Å². The summed E-state index contributed by atoms with van der Waals surface area (Å²) in [6, 6.07) is 11.5. The molecule has 3 rings (SSSR count). The second-order valence-corrected chi connectivity index (χ2v) is 8.96. The summed E-state index contributed by atoms with van der Waals surface area (Å²) in [6.07, 6.45) is 2.97. The van der Waals surface area contributed by atoms with Crippen LogP contribution in [-0.2, 0) is 27.7 Å². The average molecular weight is 416 g/mol. The summed E-state index contributed by atoms with van der Waals surface area (Å²) >= 11 is 0. The van der Waals surface area contributed by atoms with Crippen LogP contribution in [0, 0.1) is 0 Å². The quantitative estimate of drug-likeness (QED) is 0.689. The van der Waals surface area contributed by atoms with Gasteiger partial charge in [-0.1, -0.05) is 13.0 Å². The highest BCUT2D eigenvalue weighted by Gasteiger charge is 2.25. The van der Waals surface area contributed by atoms with Gasteiger partial charge in [0.15, 0.2) is 0 Å². The number of benzene rings is 2. The molecular weight excluding hydrogens is 390 g/mol. The summed E-state index contributed by atoms with van der Waals surface area (Å²) in [4.78, 5) is 23.6. The maximum Gasteiger partial charge on any atom is 0.248 e. The molecular formula is C21H25N3O4S. The average Bonchev–Trinajstić information content (AvgIpc) is 3.16. The van der Waals surface area contributed by atoms with E-state index in [9.17, 15) is 18.0 Å². The summed E-state index contributed by atoms with van der Waals surface area (Å²) in [5.74, 6) is -0.849. The highest BCUT2D eigenvalue weighted by Crippen LogP contribution is 2.26. The fourth-order valence-electron chi connectivity index (χ4n) is 3.47. The molecule has 0 saturated heterocycles. The van der Waals surface area contributed by atoms with Gasteiger partial charge in [0.05, 0.1) is 4.90 Å². The second kappa shape index (κ2) is 8.75. The zero-order valence-corrected chi connectivity index (χ0v) is 17.2. The Balaban J connectivity index is 1.63. The summed E-state index contributed by atoms with van der Waals surface area (Å²) in [5, 5.41) is 2.70. The number of nitrogens with zero attached hydrogens (tertiary/aromatic N) is 1. The molecule has 0 spiro atoms. The normalized spacial score (nSPS) is 13.3. The van der Waals surface area contributed by atoms with E-state index in [0.29, 0.717) is 11.3 Å². The molecule has 0 heterocycles. The van der Waals surface area contributed by atoms with Gasteiger partial charge in [0.1, 0.15) is 0 Å². The van der Waals surface area contributed by atoms with E-state index in [1.54, 1.807) is 31.2 Å². The lowest BCUT2D eigenvalue weighted by Crippen LogP contribution is -2.33.